The van der Waals surface area contributed by atoms with E-state index in [1.807, 2.05) is 6.92 Å². The first-order chi connectivity index (χ1) is 8.18. The van der Waals surface area contributed by atoms with Gasteiger partial charge in [-0.15, -0.1) is 0 Å². The number of nitrogens with one attached hydrogen (secondary N) is 1. The molecule has 0 heterocycles. The van der Waals surface area contributed by atoms with Crippen molar-refractivity contribution < 1.29 is 4.74 Å². The number of hydrogen-bond donors (Lipinski definition) is 1. The predicted octanol–water partition coefficient (Wildman–Crippen LogP) is 3.26. The van der Waals surface area contributed by atoms with Gasteiger partial charge in [0.05, 0.1) is 6.07 Å². The second-order valence-electron chi connectivity index (χ2n) is 4.79. The topological polar surface area (TPSA) is 45.0 Å². The molecule has 0 aromatic carbocycles. The highest BCUT2D eigenvalue weighted by Crippen LogP contribution is 2.08. The number of hydrogen-bond acceptors (Lipinski definition) is 3. The van der Waals surface area contributed by atoms with E-state index in [4.69, 9.17) is 10.00 Å². The molecular weight excluding hydrogens is 212 g/mol. The van der Waals surface area contributed by atoms with Gasteiger partial charge >= 0.3 is 0 Å². The number of nitriles is 1. The van der Waals surface area contributed by atoms with Crippen molar-refractivity contribution in [2.75, 3.05) is 19.8 Å². The molecule has 3 nitrogen and oxygen atoms in total. The third-order valence-corrected chi connectivity index (χ3v) is 2.90. The smallest absolute Gasteiger partial charge is 0.106 e. The van der Waals surface area contributed by atoms with Gasteiger partial charge < -0.3 is 4.74 Å². The summed E-state index contributed by atoms with van der Waals surface area (Å²) >= 11 is 0. The van der Waals surface area contributed by atoms with Crippen LogP contribution in [0.5, 0.6) is 0 Å². The lowest BCUT2D eigenvalue weighted by atomic mass is 10.0. The van der Waals surface area contributed by atoms with Crippen molar-refractivity contribution in [3.05, 3.63) is 0 Å². The molecule has 0 aromatic rings. The molecule has 1 N–H and O–H groups in total. The van der Waals surface area contributed by atoms with Crippen molar-refractivity contribution >= 4 is 0 Å². The maximum absolute atomic E-state index is 9.12. The van der Waals surface area contributed by atoms with Gasteiger partial charge in [0.2, 0.25) is 0 Å². The zero-order valence-electron chi connectivity index (χ0n) is 11.7. The van der Waals surface area contributed by atoms with Gasteiger partial charge in [0.1, 0.15) is 5.54 Å². The molecule has 0 aromatic heterocycles. The standard InChI is InChI=1S/C14H28N2O/c1-4-6-7-8-11-17-12-9-14(3,13-15)16-10-5-2/h16H,4-12H2,1-3H3. The number of rotatable bonds is 11. The summed E-state index contributed by atoms with van der Waals surface area (Å²) in [6, 6.07) is 2.33. The largest absolute Gasteiger partial charge is 0.381 e. The van der Waals surface area contributed by atoms with Gasteiger partial charge in [0, 0.05) is 19.6 Å². The Morgan fingerprint density at radius 2 is 1.88 bits per heavy atom. The first-order valence-corrected chi connectivity index (χ1v) is 6.92. The number of unbranched alkanes of at least 4 members (excludes halogenated alkanes) is 3. The maximum Gasteiger partial charge on any atom is 0.106 e. The second kappa shape index (κ2) is 10.6. The third kappa shape index (κ3) is 9.14. The van der Waals surface area contributed by atoms with Crippen LogP contribution in [0.4, 0.5) is 0 Å². The van der Waals surface area contributed by atoms with Crippen LogP contribution < -0.4 is 5.32 Å². The third-order valence-electron chi connectivity index (χ3n) is 2.90. The van der Waals surface area contributed by atoms with Crippen LogP contribution in [0, 0.1) is 11.3 Å². The van der Waals surface area contributed by atoms with E-state index in [1.165, 1.54) is 19.3 Å². The Bertz CT molecular complexity index is 213. The quantitative estimate of drug-likeness (QED) is 0.564. The molecule has 0 saturated heterocycles. The van der Waals surface area contributed by atoms with Crippen molar-refractivity contribution in [2.24, 2.45) is 0 Å². The molecule has 0 fully saturated rings. The lowest BCUT2D eigenvalue weighted by molar-refractivity contribution is 0.114. The summed E-state index contributed by atoms with van der Waals surface area (Å²) in [6.07, 6.45) is 6.75. The molecule has 0 spiro atoms. The van der Waals surface area contributed by atoms with Crippen LogP contribution in [0.2, 0.25) is 0 Å². The molecule has 100 valence electrons. The van der Waals surface area contributed by atoms with E-state index in [9.17, 15) is 0 Å². The van der Waals surface area contributed by atoms with Crippen LogP contribution in [0.15, 0.2) is 0 Å². The monoisotopic (exact) mass is 240 g/mol. The molecule has 0 radical (unpaired) electrons. The first-order valence-electron chi connectivity index (χ1n) is 6.92. The fraction of sp³-hybridized carbons (Fsp3) is 0.929. The summed E-state index contributed by atoms with van der Waals surface area (Å²) in [6.45, 7) is 8.65. The second-order valence-corrected chi connectivity index (χ2v) is 4.79. The van der Waals surface area contributed by atoms with Crippen molar-refractivity contribution in [2.45, 2.75) is 64.8 Å². The van der Waals surface area contributed by atoms with Gasteiger partial charge in [-0.2, -0.15) is 5.26 Å². The Balaban J connectivity index is 3.53. The maximum atomic E-state index is 9.12. The first kappa shape index (κ1) is 16.4. The molecule has 0 bridgehead atoms. The number of ether oxygens (including phenoxy) is 1. The van der Waals surface area contributed by atoms with E-state index < -0.39 is 5.54 Å². The van der Waals surface area contributed by atoms with Gasteiger partial charge in [-0.1, -0.05) is 33.1 Å². The molecule has 0 aliphatic rings. The fourth-order valence-electron chi connectivity index (χ4n) is 1.59. The average molecular weight is 240 g/mol. The summed E-state index contributed by atoms with van der Waals surface area (Å²) in [5, 5.41) is 12.4. The fourth-order valence-corrected chi connectivity index (χ4v) is 1.59. The number of nitrogens with zero attached hydrogens (tertiary/aromatic N) is 1. The lowest BCUT2D eigenvalue weighted by Crippen LogP contribution is -2.42. The normalized spacial score (nSPS) is 14.2. The minimum absolute atomic E-state index is 0.431. The average Bonchev–Trinajstić information content (AvgIpc) is 2.35. The predicted molar refractivity (Wildman–Crippen MR) is 71.9 cm³/mol. The van der Waals surface area contributed by atoms with E-state index in [2.05, 4.69) is 25.2 Å². The Labute approximate surface area is 107 Å². The van der Waals surface area contributed by atoms with Crippen molar-refractivity contribution in [3.63, 3.8) is 0 Å². The van der Waals surface area contributed by atoms with E-state index in [1.54, 1.807) is 0 Å². The molecule has 17 heavy (non-hydrogen) atoms. The Morgan fingerprint density at radius 3 is 2.47 bits per heavy atom. The van der Waals surface area contributed by atoms with E-state index in [0.717, 1.165) is 32.4 Å². The minimum Gasteiger partial charge on any atom is -0.381 e. The zero-order chi connectivity index (χ0) is 13.0. The van der Waals surface area contributed by atoms with Crippen molar-refractivity contribution in [1.29, 1.82) is 5.26 Å². The molecule has 3 heteroatoms. The highest BCUT2D eigenvalue weighted by atomic mass is 16.5. The highest BCUT2D eigenvalue weighted by molar-refractivity contribution is 5.03. The molecule has 0 aliphatic carbocycles. The summed E-state index contributed by atoms with van der Waals surface area (Å²) in [5.41, 5.74) is -0.431. The molecule has 1 atom stereocenters. The molecular formula is C14H28N2O. The van der Waals surface area contributed by atoms with Crippen LogP contribution in [0.3, 0.4) is 0 Å². The molecule has 0 aliphatic heterocycles. The zero-order valence-corrected chi connectivity index (χ0v) is 11.7. The summed E-state index contributed by atoms with van der Waals surface area (Å²) in [7, 11) is 0. The Hall–Kier alpha value is -0.590. The minimum atomic E-state index is -0.431. The van der Waals surface area contributed by atoms with Crippen LogP contribution in [-0.2, 0) is 4.74 Å². The van der Waals surface area contributed by atoms with Gasteiger partial charge in [0.15, 0.2) is 0 Å². The molecule has 0 amide bonds. The van der Waals surface area contributed by atoms with E-state index >= 15 is 0 Å². The molecule has 0 saturated carbocycles. The van der Waals surface area contributed by atoms with Gasteiger partial charge in [-0.25, -0.2) is 0 Å². The summed E-state index contributed by atoms with van der Waals surface area (Å²) < 4.78 is 5.57. The highest BCUT2D eigenvalue weighted by Gasteiger charge is 2.21. The SMILES string of the molecule is CCCCCCOCCC(C)(C#N)NCCC. The van der Waals surface area contributed by atoms with Gasteiger partial charge in [-0.05, 0) is 26.3 Å². The lowest BCUT2D eigenvalue weighted by Gasteiger charge is -2.22. The van der Waals surface area contributed by atoms with Gasteiger partial charge in [0.25, 0.3) is 0 Å². The van der Waals surface area contributed by atoms with Crippen LogP contribution in [0.25, 0.3) is 0 Å². The summed E-state index contributed by atoms with van der Waals surface area (Å²) in [5.74, 6) is 0. The van der Waals surface area contributed by atoms with Crippen LogP contribution in [-0.4, -0.2) is 25.3 Å². The van der Waals surface area contributed by atoms with Crippen LogP contribution in [0.1, 0.15) is 59.3 Å². The summed E-state index contributed by atoms with van der Waals surface area (Å²) in [4.78, 5) is 0. The van der Waals surface area contributed by atoms with Crippen LogP contribution >= 0.6 is 0 Å². The molecule has 1 unspecified atom stereocenters. The van der Waals surface area contributed by atoms with E-state index in [0.29, 0.717) is 6.61 Å². The Kier molecular flexibility index (Phi) is 10.2. The van der Waals surface area contributed by atoms with Crippen molar-refractivity contribution in [3.8, 4) is 6.07 Å². The Morgan fingerprint density at radius 1 is 1.12 bits per heavy atom. The van der Waals surface area contributed by atoms with E-state index in [-0.39, 0.29) is 0 Å². The van der Waals surface area contributed by atoms with Crippen molar-refractivity contribution in [1.82, 2.24) is 5.32 Å². The van der Waals surface area contributed by atoms with Gasteiger partial charge in [-0.3, -0.25) is 5.32 Å². The molecule has 0 rings (SSSR count).